The van der Waals surface area contributed by atoms with E-state index in [0.717, 1.165) is 12.2 Å². The first kappa shape index (κ1) is 10.0. The maximum absolute atomic E-state index is 9.43. The van der Waals surface area contributed by atoms with Gasteiger partial charge in [-0.1, -0.05) is 6.92 Å². The summed E-state index contributed by atoms with van der Waals surface area (Å²) in [5, 5.41) is 19.3. The van der Waals surface area contributed by atoms with Crippen molar-refractivity contribution in [2.75, 3.05) is 18.4 Å². The molecule has 74 valence electrons. The zero-order chi connectivity index (χ0) is 9.68. The molecule has 0 aromatic carbocycles. The van der Waals surface area contributed by atoms with Crippen LogP contribution in [-0.2, 0) is 7.05 Å². The fraction of sp³-hybridized carbons (Fsp3) is 0.625. The van der Waals surface area contributed by atoms with Crippen molar-refractivity contribution < 1.29 is 5.11 Å². The third-order valence-corrected chi connectivity index (χ3v) is 1.63. The van der Waals surface area contributed by atoms with Gasteiger partial charge < -0.3 is 15.7 Å². The molecule has 13 heavy (non-hydrogen) atoms. The van der Waals surface area contributed by atoms with Crippen LogP contribution >= 0.6 is 0 Å². The standard InChI is InChI=1S/C8H16N4O/c1-3-9-5-8(13)11-7-4-10-12(2)6-7/h4,6,8-9,11,13H,3,5H2,1-2H3. The molecule has 0 aliphatic rings. The molecule has 0 radical (unpaired) electrons. The molecule has 0 aliphatic carbocycles. The normalized spacial score (nSPS) is 12.8. The topological polar surface area (TPSA) is 62.1 Å². The Morgan fingerprint density at radius 1 is 1.69 bits per heavy atom. The molecule has 0 fully saturated rings. The third kappa shape index (κ3) is 3.43. The van der Waals surface area contributed by atoms with Crippen LogP contribution in [0.15, 0.2) is 12.4 Å². The molecule has 1 heterocycles. The first-order valence-electron chi connectivity index (χ1n) is 4.36. The molecule has 1 unspecified atom stereocenters. The van der Waals surface area contributed by atoms with Gasteiger partial charge >= 0.3 is 0 Å². The Bertz CT molecular complexity index is 248. The molecule has 0 saturated carbocycles. The zero-order valence-electron chi connectivity index (χ0n) is 7.99. The first-order chi connectivity index (χ1) is 6.22. The summed E-state index contributed by atoms with van der Waals surface area (Å²) in [6, 6.07) is 0. The predicted octanol–water partition coefficient (Wildman–Crippen LogP) is -0.240. The van der Waals surface area contributed by atoms with E-state index in [1.807, 2.05) is 20.2 Å². The molecule has 0 amide bonds. The minimum atomic E-state index is -0.566. The van der Waals surface area contributed by atoms with Gasteiger partial charge in [-0.15, -0.1) is 0 Å². The summed E-state index contributed by atoms with van der Waals surface area (Å²) in [7, 11) is 1.84. The van der Waals surface area contributed by atoms with Crippen molar-refractivity contribution in [2.24, 2.45) is 7.05 Å². The maximum Gasteiger partial charge on any atom is 0.137 e. The maximum atomic E-state index is 9.43. The summed E-state index contributed by atoms with van der Waals surface area (Å²) in [5.74, 6) is 0. The van der Waals surface area contributed by atoms with E-state index in [9.17, 15) is 5.11 Å². The van der Waals surface area contributed by atoms with Crippen molar-refractivity contribution in [3.05, 3.63) is 12.4 Å². The minimum absolute atomic E-state index is 0.533. The number of anilines is 1. The number of rotatable bonds is 5. The first-order valence-corrected chi connectivity index (χ1v) is 4.36. The Kier molecular flexibility index (Phi) is 3.72. The van der Waals surface area contributed by atoms with Crippen molar-refractivity contribution in [1.82, 2.24) is 15.1 Å². The molecular weight excluding hydrogens is 168 g/mol. The summed E-state index contributed by atoms with van der Waals surface area (Å²) < 4.78 is 1.68. The van der Waals surface area contributed by atoms with Gasteiger partial charge in [-0.3, -0.25) is 4.68 Å². The molecule has 5 nitrogen and oxygen atoms in total. The molecule has 3 N–H and O–H groups in total. The molecule has 5 heteroatoms. The average Bonchev–Trinajstić information content (AvgIpc) is 2.48. The van der Waals surface area contributed by atoms with Crippen LogP contribution in [0.2, 0.25) is 0 Å². The molecule has 1 atom stereocenters. The van der Waals surface area contributed by atoms with Gasteiger partial charge in [0.25, 0.3) is 0 Å². The van der Waals surface area contributed by atoms with Crippen molar-refractivity contribution in [2.45, 2.75) is 13.2 Å². The van der Waals surface area contributed by atoms with Crippen molar-refractivity contribution >= 4 is 5.69 Å². The van der Waals surface area contributed by atoms with Crippen molar-refractivity contribution in [3.63, 3.8) is 0 Å². The lowest BCUT2D eigenvalue weighted by molar-refractivity contribution is 0.200. The number of aliphatic hydroxyl groups is 1. The Morgan fingerprint density at radius 2 is 2.46 bits per heavy atom. The number of nitrogens with zero attached hydrogens (tertiary/aromatic N) is 2. The van der Waals surface area contributed by atoms with E-state index in [4.69, 9.17) is 0 Å². The Morgan fingerprint density at radius 3 is 3.00 bits per heavy atom. The van der Waals surface area contributed by atoms with Gasteiger partial charge in [0.1, 0.15) is 6.23 Å². The van der Waals surface area contributed by atoms with Gasteiger partial charge in [-0.2, -0.15) is 5.10 Å². The SMILES string of the molecule is CCNCC(O)Nc1cnn(C)c1. The lowest BCUT2D eigenvalue weighted by atomic mass is 10.4. The Hall–Kier alpha value is -1.07. The molecule has 1 rings (SSSR count). The second kappa shape index (κ2) is 4.84. The van der Waals surface area contributed by atoms with Crippen LogP contribution in [-0.4, -0.2) is 34.2 Å². The van der Waals surface area contributed by atoms with E-state index in [1.54, 1.807) is 10.9 Å². The van der Waals surface area contributed by atoms with Gasteiger partial charge in [0.15, 0.2) is 0 Å². The smallest absolute Gasteiger partial charge is 0.137 e. The number of aliphatic hydroxyl groups excluding tert-OH is 1. The fourth-order valence-corrected chi connectivity index (χ4v) is 1.02. The highest BCUT2D eigenvalue weighted by molar-refractivity contribution is 5.38. The molecule has 0 bridgehead atoms. The quantitative estimate of drug-likeness (QED) is 0.553. The highest BCUT2D eigenvalue weighted by Gasteiger charge is 2.02. The van der Waals surface area contributed by atoms with E-state index in [0.29, 0.717) is 6.54 Å². The summed E-state index contributed by atoms with van der Waals surface area (Å²) in [5.41, 5.74) is 0.827. The monoisotopic (exact) mass is 184 g/mol. The van der Waals surface area contributed by atoms with E-state index >= 15 is 0 Å². The van der Waals surface area contributed by atoms with Crippen LogP contribution in [0.3, 0.4) is 0 Å². The van der Waals surface area contributed by atoms with Gasteiger partial charge in [0.2, 0.25) is 0 Å². The molecule has 0 aliphatic heterocycles. The lowest BCUT2D eigenvalue weighted by Crippen LogP contribution is -2.32. The van der Waals surface area contributed by atoms with Crippen LogP contribution in [0.1, 0.15) is 6.92 Å². The molecule has 1 aromatic heterocycles. The number of hydrogen-bond acceptors (Lipinski definition) is 4. The molecule has 0 spiro atoms. The number of likely N-dealkylation sites (N-methyl/N-ethyl adjacent to an activating group) is 1. The van der Waals surface area contributed by atoms with Gasteiger partial charge in [-0.25, -0.2) is 0 Å². The van der Waals surface area contributed by atoms with E-state index < -0.39 is 6.23 Å². The second-order valence-electron chi connectivity index (χ2n) is 2.87. The minimum Gasteiger partial charge on any atom is -0.372 e. The van der Waals surface area contributed by atoms with Crippen LogP contribution in [0.5, 0.6) is 0 Å². The molecule has 0 saturated heterocycles. The van der Waals surface area contributed by atoms with E-state index in [2.05, 4.69) is 15.7 Å². The number of aromatic nitrogens is 2. The van der Waals surface area contributed by atoms with Gasteiger partial charge in [0.05, 0.1) is 11.9 Å². The number of hydrogen-bond donors (Lipinski definition) is 3. The summed E-state index contributed by atoms with van der Waals surface area (Å²) in [6.45, 7) is 3.38. The highest BCUT2D eigenvalue weighted by Crippen LogP contribution is 2.03. The Balaban J connectivity index is 2.31. The highest BCUT2D eigenvalue weighted by atomic mass is 16.3. The summed E-state index contributed by atoms with van der Waals surface area (Å²) in [6.07, 6.45) is 2.92. The van der Waals surface area contributed by atoms with Gasteiger partial charge in [0, 0.05) is 19.8 Å². The van der Waals surface area contributed by atoms with Crippen LogP contribution < -0.4 is 10.6 Å². The van der Waals surface area contributed by atoms with Crippen LogP contribution in [0.4, 0.5) is 5.69 Å². The van der Waals surface area contributed by atoms with E-state index in [1.165, 1.54) is 0 Å². The molecule has 1 aromatic rings. The summed E-state index contributed by atoms with van der Waals surface area (Å²) >= 11 is 0. The second-order valence-corrected chi connectivity index (χ2v) is 2.87. The van der Waals surface area contributed by atoms with Crippen LogP contribution in [0.25, 0.3) is 0 Å². The predicted molar refractivity (Wildman–Crippen MR) is 51.4 cm³/mol. The van der Waals surface area contributed by atoms with Gasteiger partial charge in [-0.05, 0) is 6.54 Å². The van der Waals surface area contributed by atoms with Crippen LogP contribution in [0, 0.1) is 0 Å². The van der Waals surface area contributed by atoms with E-state index in [-0.39, 0.29) is 0 Å². The zero-order valence-corrected chi connectivity index (χ0v) is 7.99. The third-order valence-electron chi connectivity index (χ3n) is 1.63. The largest absolute Gasteiger partial charge is 0.372 e. The average molecular weight is 184 g/mol. The summed E-state index contributed by atoms with van der Waals surface area (Å²) in [4.78, 5) is 0. The van der Waals surface area contributed by atoms with Crippen molar-refractivity contribution in [3.8, 4) is 0 Å². The number of aryl methyl sites for hydroxylation is 1. The molecular formula is C8H16N4O. The fourth-order valence-electron chi connectivity index (χ4n) is 1.02. The Labute approximate surface area is 77.8 Å². The lowest BCUT2D eigenvalue weighted by Gasteiger charge is -2.12. The van der Waals surface area contributed by atoms with Crippen molar-refractivity contribution in [1.29, 1.82) is 0 Å². The number of nitrogens with one attached hydrogen (secondary N) is 2.